The number of phosphoric acid groups is 1. The number of amides is 2. The van der Waals surface area contributed by atoms with Gasteiger partial charge in [-0.25, -0.2) is 33.1 Å². The van der Waals surface area contributed by atoms with E-state index in [1.54, 1.807) is 51.1 Å². The molecule has 7 heterocycles. The molecule has 3 saturated heterocycles. The largest absolute Gasteiger partial charge is 0.475 e. The van der Waals surface area contributed by atoms with Crippen molar-refractivity contribution in [3.8, 4) is 6.07 Å². The van der Waals surface area contributed by atoms with Crippen LogP contribution in [-0.2, 0) is 46.9 Å². The minimum atomic E-state index is -4.82. The van der Waals surface area contributed by atoms with Crippen LogP contribution in [0.5, 0.6) is 0 Å². The number of hydrogen-bond donors (Lipinski definition) is 4. The number of aromatic amines is 1. The number of nitrogens with one attached hydrogen (secondary N) is 4. The molecule has 1 aromatic carbocycles. The summed E-state index contributed by atoms with van der Waals surface area (Å²) in [4.78, 5) is 61.9. The van der Waals surface area contributed by atoms with Crippen molar-refractivity contribution in [1.82, 2.24) is 43.8 Å². The Bertz CT molecular complexity index is 2770. The van der Waals surface area contributed by atoms with Crippen LogP contribution < -0.4 is 20.9 Å². The lowest BCUT2D eigenvalue weighted by Crippen LogP contribution is -2.42. The Kier molecular flexibility index (Phi) is 12.0. The van der Waals surface area contributed by atoms with Gasteiger partial charge in [0.05, 0.1) is 44.5 Å². The molecule has 62 heavy (non-hydrogen) atoms. The fraction of sp³-hybridized carbons (Fsp3) is 0.457. The van der Waals surface area contributed by atoms with Gasteiger partial charge < -0.3 is 14.8 Å². The highest BCUT2D eigenvalue weighted by molar-refractivity contribution is 7.84. The molecule has 0 saturated carbocycles. The Morgan fingerprint density at radius 1 is 1.03 bits per heavy atom. The summed E-state index contributed by atoms with van der Waals surface area (Å²) in [6.07, 6.45) is -8.01. The number of carbonyl (C=O) groups is 2. The summed E-state index contributed by atoms with van der Waals surface area (Å²) in [7, 11) is -9.64. The van der Waals surface area contributed by atoms with Crippen LogP contribution in [0.3, 0.4) is 0 Å². The number of nitrogens with zero attached hydrogens (tertiary/aromatic N) is 8. The summed E-state index contributed by atoms with van der Waals surface area (Å²) in [6, 6.07) is 10.1. The third-order valence-electron chi connectivity index (χ3n) is 10.2. The molecular formula is C35H38FN12O12PS. The summed E-state index contributed by atoms with van der Waals surface area (Å²) in [5.41, 5.74) is -0.596. The SMILES string of the molecule is CC(C)C(=O)Nc1nc2c(ncn2[C@@H]2O[C@@H]3CNS(=O)(=O)O[C@@H]4[C@@H](COP(=O)(OCCC#N)O[C@@H]2[C@@H]3C)OC(n2cnc3c(NC(=O)c5ccccc5)ncnc32)[C@@H]4F)c(=O)[nH]1. The monoisotopic (exact) mass is 900 g/mol. The van der Waals surface area contributed by atoms with E-state index < -0.39 is 110 Å². The van der Waals surface area contributed by atoms with Crippen LogP contribution in [0, 0.1) is 23.2 Å². The number of benzene rings is 1. The molecule has 328 valence electrons. The first-order chi connectivity index (χ1) is 29.6. The van der Waals surface area contributed by atoms with E-state index in [9.17, 15) is 32.6 Å². The highest BCUT2D eigenvalue weighted by Gasteiger charge is 2.53. The Morgan fingerprint density at radius 2 is 1.76 bits per heavy atom. The number of rotatable bonds is 9. The molecule has 0 aliphatic carbocycles. The van der Waals surface area contributed by atoms with Crippen molar-refractivity contribution in [2.24, 2.45) is 11.8 Å². The maximum absolute atomic E-state index is 16.6. The lowest BCUT2D eigenvalue weighted by molar-refractivity contribution is -0.118. The summed E-state index contributed by atoms with van der Waals surface area (Å²) in [6.45, 7) is 3.08. The van der Waals surface area contributed by atoms with Crippen LogP contribution in [0.15, 0.2) is 54.1 Å². The van der Waals surface area contributed by atoms with Crippen LogP contribution in [-0.4, -0.2) is 110 Å². The van der Waals surface area contributed by atoms with Crippen LogP contribution in [0.1, 0.15) is 50.0 Å². The fourth-order valence-corrected chi connectivity index (χ4v) is 9.33. The van der Waals surface area contributed by atoms with E-state index in [2.05, 4.69) is 45.3 Å². The molecule has 0 spiro atoms. The molecular weight excluding hydrogens is 862 g/mol. The predicted molar refractivity (Wildman–Crippen MR) is 210 cm³/mol. The number of H-pyrrole nitrogens is 1. The van der Waals surface area contributed by atoms with E-state index in [4.69, 9.17) is 27.2 Å². The second-order valence-electron chi connectivity index (χ2n) is 14.6. The number of carbonyl (C=O) groups excluding carboxylic acids is 2. The Morgan fingerprint density at radius 3 is 2.50 bits per heavy atom. The normalized spacial score (nSPS) is 28.7. The van der Waals surface area contributed by atoms with Gasteiger partial charge >= 0.3 is 18.1 Å². The Labute approximate surface area is 350 Å². The Hall–Kier alpha value is -5.62. The minimum Gasteiger partial charge on any atom is -0.350 e. The molecule has 4 aromatic heterocycles. The van der Waals surface area contributed by atoms with E-state index in [1.807, 2.05) is 6.07 Å². The standard InChI is InChI=1S/C35H38FN12O12PS/c1-17(2)30(49)45-35-44-29-24(32(51)46-35)41-16-48(29)34-25-18(3)20(57-34)12-42-62(53,54)60-26-21(13-56-61(52,59-25)55-11-7-10-37)58-33(22(26)36)47-15-40-23-27(38-14-39-28(23)47)43-31(50)19-8-5-4-6-9-19/h4-6,8-9,14-18,20-22,25-26,33-34,42H,7,11-13H2,1-3H3,(H,38,39,43,50)(H2,44,45,46,49,51)/t18-,20-,21-,22-,25-,26-,33?,34-,61?/m1/s1. The van der Waals surface area contributed by atoms with Gasteiger partial charge in [0.15, 0.2) is 46.8 Å². The smallest absolute Gasteiger partial charge is 0.350 e. The number of ether oxygens (including phenoxy) is 2. The number of nitriles is 1. The zero-order valence-electron chi connectivity index (χ0n) is 32.9. The molecule has 3 aliphatic rings. The van der Waals surface area contributed by atoms with Crippen molar-refractivity contribution < 1.29 is 54.2 Å². The van der Waals surface area contributed by atoms with Crippen LogP contribution in [0.4, 0.5) is 16.2 Å². The maximum Gasteiger partial charge on any atom is 0.475 e. The van der Waals surface area contributed by atoms with E-state index in [0.717, 1.165) is 17.2 Å². The number of anilines is 2. The molecule has 5 aromatic rings. The zero-order chi connectivity index (χ0) is 43.9. The second-order valence-corrected chi connectivity index (χ2v) is 17.6. The van der Waals surface area contributed by atoms with Crippen molar-refractivity contribution in [2.75, 3.05) is 30.4 Å². The number of halogens is 1. The third kappa shape index (κ3) is 8.58. The molecule has 24 nitrogen and oxygen atoms in total. The highest BCUT2D eigenvalue weighted by Crippen LogP contribution is 2.55. The topological polar surface area (TPSA) is 308 Å². The maximum atomic E-state index is 16.6. The highest BCUT2D eigenvalue weighted by atomic mass is 32.2. The van der Waals surface area contributed by atoms with E-state index >= 15 is 4.39 Å². The molecule has 4 N–H and O–H groups in total. The first kappa shape index (κ1) is 43.0. The van der Waals surface area contributed by atoms with Crippen molar-refractivity contribution in [1.29, 1.82) is 5.26 Å². The number of phosphoric ester groups is 1. The first-order valence-electron chi connectivity index (χ1n) is 19.0. The van der Waals surface area contributed by atoms with E-state index in [0.29, 0.717) is 5.56 Å². The van der Waals surface area contributed by atoms with Gasteiger partial charge in [-0.15, -0.1) is 0 Å². The summed E-state index contributed by atoms with van der Waals surface area (Å²) in [5, 5.41) is 14.4. The van der Waals surface area contributed by atoms with Crippen molar-refractivity contribution in [2.45, 2.75) is 70.2 Å². The summed E-state index contributed by atoms with van der Waals surface area (Å²) < 4.78 is 98.1. The van der Waals surface area contributed by atoms with Crippen LogP contribution in [0.25, 0.3) is 22.3 Å². The van der Waals surface area contributed by atoms with Gasteiger partial charge in [0, 0.05) is 23.9 Å². The van der Waals surface area contributed by atoms with Crippen LogP contribution >= 0.6 is 7.82 Å². The molecule has 27 heteroatoms. The average molecular weight is 901 g/mol. The molecule has 9 atom stereocenters. The lowest BCUT2D eigenvalue weighted by atomic mass is 10.0. The number of aromatic nitrogens is 8. The average Bonchev–Trinajstić information content (AvgIpc) is 4.01. The van der Waals surface area contributed by atoms with Crippen molar-refractivity contribution in [3.05, 3.63) is 65.2 Å². The van der Waals surface area contributed by atoms with Crippen molar-refractivity contribution in [3.63, 3.8) is 0 Å². The predicted octanol–water partition coefficient (Wildman–Crippen LogP) is 2.25. The quantitative estimate of drug-likeness (QED) is 0.122. The van der Waals surface area contributed by atoms with Gasteiger partial charge in [-0.3, -0.25) is 47.4 Å². The van der Waals surface area contributed by atoms with Gasteiger partial charge in [0.25, 0.3) is 11.5 Å². The Balaban J connectivity index is 1.10. The second kappa shape index (κ2) is 17.3. The molecule has 0 radical (unpaired) electrons. The molecule has 3 aliphatic heterocycles. The molecule has 8 rings (SSSR count). The molecule has 2 bridgehead atoms. The zero-order valence-corrected chi connectivity index (χ0v) is 34.6. The van der Waals surface area contributed by atoms with Gasteiger partial charge in [-0.1, -0.05) is 39.0 Å². The number of hydrogen-bond acceptors (Lipinski definition) is 18. The number of imidazole rings is 2. The van der Waals surface area contributed by atoms with E-state index in [1.165, 1.54) is 10.9 Å². The minimum absolute atomic E-state index is 0.00718. The van der Waals surface area contributed by atoms with Gasteiger partial charge in [0.1, 0.15) is 24.6 Å². The fourth-order valence-electron chi connectivity index (χ4n) is 6.94. The van der Waals surface area contributed by atoms with Crippen LogP contribution in [0.2, 0.25) is 0 Å². The molecule has 3 fully saturated rings. The summed E-state index contributed by atoms with van der Waals surface area (Å²) in [5.74, 6) is -2.45. The first-order valence-corrected chi connectivity index (χ1v) is 21.9. The lowest BCUT2D eigenvalue weighted by Gasteiger charge is -2.27. The molecule has 2 amide bonds. The van der Waals surface area contributed by atoms with Gasteiger partial charge in [-0.05, 0) is 12.1 Å². The molecule has 2 unspecified atom stereocenters. The number of fused-ring (bicyclic) bond motifs is 5. The van der Waals surface area contributed by atoms with Crippen molar-refractivity contribution >= 4 is 64.0 Å². The third-order valence-corrected chi connectivity index (χ3v) is 12.6. The number of alkyl halides is 1. The van der Waals surface area contributed by atoms with Gasteiger partial charge in [0.2, 0.25) is 11.9 Å². The van der Waals surface area contributed by atoms with E-state index in [-0.39, 0.29) is 40.5 Å². The summed E-state index contributed by atoms with van der Waals surface area (Å²) >= 11 is 0. The van der Waals surface area contributed by atoms with Gasteiger partial charge in [-0.2, -0.15) is 23.4 Å².